The first-order chi connectivity index (χ1) is 18.3. The SMILES string of the molecule is C[C@@]1(F)[C@H](OC(=O)c2ccccc2)[C@@H](COC(=O)c2ccccc2)O[C@@]1(C#N)c1ccc2c(N)ncnn12. The number of nitriles is 1. The number of fused-ring (bicyclic) bond motifs is 1. The van der Waals surface area contributed by atoms with Crippen molar-refractivity contribution in [2.45, 2.75) is 30.4 Å². The van der Waals surface area contributed by atoms with Crippen LogP contribution >= 0.6 is 0 Å². The van der Waals surface area contributed by atoms with Gasteiger partial charge in [0.25, 0.3) is 0 Å². The van der Waals surface area contributed by atoms with Crippen LogP contribution in [0.5, 0.6) is 0 Å². The second kappa shape index (κ2) is 9.57. The lowest BCUT2D eigenvalue weighted by atomic mass is 9.81. The van der Waals surface area contributed by atoms with Gasteiger partial charge in [-0.3, -0.25) is 0 Å². The van der Waals surface area contributed by atoms with Gasteiger partial charge < -0.3 is 19.9 Å². The van der Waals surface area contributed by atoms with Gasteiger partial charge in [0, 0.05) is 0 Å². The van der Waals surface area contributed by atoms with Crippen LogP contribution in [0.1, 0.15) is 33.3 Å². The summed E-state index contributed by atoms with van der Waals surface area (Å²) in [6.45, 7) is 0.603. The fraction of sp³-hybridized carbons (Fsp3) is 0.222. The molecular formula is C27H22FN5O5. The highest BCUT2D eigenvalue weighted by molar-refractivity contribution is 5.90. The van der Waals surface area contributed by atoms with Gasteiger partial charge in [0.05, 0.1) is 16.8 Å². The molecule has 192 valence electrons. The molecular weight excluding hydrogens is 493 g/mol. The molecule has 0 saturated carbocycles. The first-order valence-electron chi connectivity index (χ1n) is 11.6. The summed E-state index contributed by atoms with van der Waals surface area (Å²) in [5.74, 6) is -1.41. The molecule has 0 spiro atoms. The standard InChI is InChI=1S/C27H22FN5O5/c1-26(28)22(37-25(35)18-10-6-3-7-11-18)20(14-36-24(34)17-8-4-2-5-9-17)38-27(26,15-29)21-13-12-19-23(30)31-16-32-33(19)21/h2-13,16,20,22H,14H2,1H3,(H2,30,31,32)/t20-,22-,26-,27+/m1/s1. The third-order valence-electron chi connectivity index (χ3n) is 6.52. The Labute approximate surface area is 216 Å². The number of alkyl halides is 1. The summed E-state index contributed by atoms with van der Waals surface area (Å²) in [7, 11) is 0. The number of anilines is 1. The summed E-state index contributed by atoms with van der Waals surface area (Å²) in [4.78, 5) is 29.5. The van der Waals surface area contributed by atoms with Crippen molar-refractivity contribution in [2.24, 2.45) is 0 Å². The third-order valence-corrected chi connectivity index (χ3v) is 6.52. The van der Waals surface area contributed by atoms with Crippen LogP contribution in [0.3, 0.4) is 0 Å². The average molecular weight is 516 g/mol. The molecule has 1 aliphatic rings. The molecule has 0 radical (unpaired) electrons. The fourth-order valence-electron chi connectivity index (χ4n) is 4.56. The highest BCUT2D eigenvalue weighted by Crippen LogP contribution is 2.51. The van der Waals surface area contributed by atoms with Gasteiger partial charge in [0.1, 0.15) is 30.6 Å². The molecule has 1 saturated heterocycles. The minimum Gasteiger partial charge on any atom is -0.459 e. The van der Waals surface area contributed by atoms with Crippen molar-refractivity contribution < 1.29 is 28.2 Å². The Morgan fingerprint density at radius 3 is 2.34 bits per heavy atom. The fourth-order valence-corrected chi connectivity index (χ4v) is 4.56. The first kappa shape index (κ1) is 24.9. The molecule has 2 aromatic carbocycles. The van der Waals surface area contributed by atoms with Crippen molar-refractivity contribution in [1.82, 2.24) is 14.6 Å². The van der Waals surface area contributed by atoms with Gasteiger partial charge in [-0.25, -0.2) is 23.5 Å². The van der Waals surface area contributed by atoms with E-state index in [9.17, 15) is 14.9 Å². The first-order valence-corrected chi connectivity index (χ1v) is 11.6. The molecule has 3 heterocycles. The molecule has 1 fully saturated rings. The number of carbonyl (C=O) groups is 2. The normalized spacial score (nSPS) is 24.6. The van der Waals surface area contributed by atoms with Crippen molar-refractivity contribution in [1.29, 1.82) is 5.26 Å². The maximum atomic E-state index is 16.9. The van der Waals surface area contributed by atoms with Gasteiger partial charge in [-0.05, 0) is 43.3 Å². The van der Waals surface area contributed by atoms with Gasteiger partial charge in [-0.2, -0.15) is 10.4 Å². The molecule has 10 nitrogen and oxygen atoms in total. The summed E-state index contributed by atoms with van der Waals surface area (Å²) in [6.07, 6.45) is -1.81. The molecule has 2 N–H and O–H groups in total. The van der Waals surface area contributed by atoms with Gasteiger partial charge in [-0.15, -0.1) is 0 Å². The van der Waals surface area contributed by atoms with E-state index >= 15 is 4.39 Å². The topological polar surface area (TPSA) is 142 Å². The predicted octanol–water partition coefficient (Wildman–Crippen LogP) is 3.24. The van der Waals surface area contributed by atoms with Gasteiger partial charge >= 0.3 is 11.9 Å². The molecule has 4 atom stereocenters. The number of halogens is 1. The van der Waals surface area contributed by atoms with Gasteiger partial charge in [-0.1, -0.05) is 36.4 Å². The van der Waals surface area contributed by atoms with Crippen LogP contribution in [0.25, 0.3) is 5.52 Å². The van der Waals surface area contributed by atoms with E-state index in [0.29, 0.717) is 5.52 Å². The van der Waals surface area contributed by atoms with Crippen LogP contribution in [-0.4, -0.2) is 51.0 Å². The highest BCUT2D eigenvalue weighted by atomic mass is 19.1. The van der Waals surface area contributed by atoms with Crippen molar-refractivity contribution in [3.8, 4) is 6.07 Å². The van der Waals surface area contributed by atoms with Crippen molar-refractivity contribution in [2.75, 3.05) is 12.3 Å². The summed E-state index contributed by atoms with van der Waals surface area (Å²) in [5.41, 5.74) is 1.76. The van der Waals surface area contributed by atoms with E-state index in [1.165, 1.54) is 28.8 Å². The Morgan fingerprint density at radius 2 is 1.71 bits per heavy atom. The van der Waals surface area contributed by atoms with Crippen molar-refractivity contribution >= 4 is 23.3 Å². The van der Waals surface area contributed by atoms with Crippen LogP contribution in [0.4, 0.5) is 10.2 Å². The zero-order valence-corrected chi connectivity index (χ0v) is 20.2. The number of nitrogens with zero attached hydrogens (tertiary/aromatic N) is 4. The number of nitrogens with two attached hydrogens (primary N) is 1. The average Bonchev–Trinajstić information content (AvgIpc) is 3.46. The monoisotopic (exact) mass is 515 g/mol. The van der Waals surface area contributed by atoms with Crippen molar-refractivity contribution in [3.05, 3.63) is 95.9 Å². The van der Waals surface area contributed by atoms with Crippen LogP contribution < -0.4 is 5.73 Å². The zero-order valence-electron chi connectivity index (χ0n) is 20.2. The Balaban J connectivity index is 1.53. The molecule has 4 aromatic rings. The van der Waals surface area contributed by atoms with Crippen LogP contribution in [0, 0.1) is 11.3 Å². The number of benzene rings is 2. The quantitative estimate of drug-likeness (QED) is 0.383. The van der Waals surface area contributed by atoms with Crippen molar-refractivity contribution in [3.63, 3.8) is 0 Å². The lowest BCUT2D eigenvalue weighted by Crippen LogP contribution is -2.50. The summed E-state index contributed by atoms with van der Waals surface area (Å²) >= 11 is 0. The van der Waals surface area contributed by atoms with E-state index in [0.717, 1.165) is 13.3 Å². The summed E-state index contributed by atoms with van der Waals surface area (Å²) in [5, 5.41) is 14.5. The Morgan fingerprint density at radius 1 is 1.08 bits per heavy atom. The number of carbonyl (C=O) groups excluding carboxylic acids is 2. The largest absolute Gasteiger partial charge is 0.459 e. The molecule has 5 rings (SSSR count). The van der Waals surface area contributed by atoms with E-state index < -0.39 is 42.0 Å². The molecule has 2 aromatic heterocycles. The number of rotatable bonds is 6. The number of hydrogen-bond acceptors (Lipinski definition) is 9. The molecule has 0 bridgehead atoms. The lowest BCUT2D eigenvalue weighted by molar-refractivity contribution is -0.0746. The molecule has 1 aliphatic heterocycles. The Hall–Kier alpha value is -4.82. The number of hydrogen-bond donors (Lipinski definition) is 1. The molecule has 11 heteroatoms. The Bertz CT molecular complexity index is 1540. The maximum Gasteiger partial charge on any atom is 0.338 e. The molecule has 0 aliphatic carbocycles. The molecule has 0 unspecified atom stereocenters. The minimum absolute atomic E-state index is 0.00625. The molecule has 38 heavy (non-hydrogen) atoms. The summed E-state index contributed by atoms with van der Waals surface area (Å²) in [6, 6.07) is 21.1. The predicted molar refractivity (Wildman–Crippen MR) is 131 cm³/mol. The number of ether oxygens (including phenoxy) is 3. The van der Waals surface area contributed by atoms with E-state index in [1.54, 1.807) is 48.5 Å². The van der Waals surface area contributed by atoms with Crippen LogP contribution in [0.15, 0.2) is 79.1 Å². The van der Waals surface area contributed by atoms with Gasteiger partial charge in [0.15, 0.2) is 17.6 Å². The second-order valence-corrected chi connectivity index (χ2v) is 8.84. The smallest absolute Gasteiger partial charge is 0.338 e. The van der Waals surface area contributed by atoms with Gasteiger partial charge in [0.2, 0.25) is 5.60 Å². The van der Waals surface area contributed by atoms with E-state index in [2.05, 4.69) is 10.1 Å². The zero-order chi connectivity index (χ0) is 26.9. The Kier molecular flexibility index (Phi) is 6.26. The maximum absolute atomic E-state index is 16.9. The van der Waals surface area contributed by atoms with E-state index in [4.69, 9.17) is 19.9 Å². The van der Waals surface area contributed by atoms with Crippen LogP contribution in [0.2, 0.25) is 0 Å². The number of aromatic nitrogens is 3. The lowest BCUT2D eigenvalue weighted by Gasteiger charge is -2.32. The summed E-state index contributed by atoms with van der Waals surface area (Å²) < 4.78 is 35.2. The molecule has 0 amide bonds. The second-order valence-electron chi connectivity index (χ2n) is 8.84. The third kappa shape index (κ3) is 4.01. The van der Waals surface area contributed by atoms with Crippen LogP contribution in [-0.2, 0) is 19.8 Å². The highest BCUT2D eigenvalue weighted by Gasteiger charge is 2.69. The van der Waals surface area contributed by atoms with E-state index in [-0.39, 0.29) is 22.6 Å². The number of esters is 2. The van der Waals surface area contributed by atoms with E-state index in [1.807, 2.05) is 6.07 Å². The minimum atomic E-state index is -2.62. The number of nitrogen functional groups attached to an aromatic ring is 1.